The number of esters is 2. The van der Waals surface area contributed by atoms with Gasteiger partial charge in [-0.1, -0.05) is 52.3 Å². The topological polar surface area (TPSA) is 55.8 Å². The SMILES string of the molecule is C=C(C)N(CC(=O)OC(C)(C)C)C(Cc1cc(Br)cc(Br)c1)C(=O)OC.CC. The summed E-state index contributed by atoms with van der Waals surface area (Å²) in [5, 5.41) is 0. The summed E-state index contributed by atoms with van der Waals surface area (Å²) in [6, 6.07) is 5.06. The van der Waals surface area contributed by atoms with Crippen molar-refractivity contribution < 1.29 is 19.1 Å². The molecule has 0 heterocycles. The van der Waals surface area contributed by atoms with E-state index in [1.165, 1.54) is 7.11 Å². The van der Waals surface area contributed by atoms with E-state index in [1.807, 2.05) is 32.0 Å². The maximum absolute atomic E-state index is 12.4. The molecule has 0 spiro atoms. The van der Waals surface area contributed by atoms with E-state index in [9.17, 15) is 9.59 Å². The van der Waals surface area contributed by atoms with Crippen LogP contribution < -0.4 is 0 Å². The average molecular weight is 521 g/mol. The molecule has 0 aromatic heterocycles. The second-order valence-electron chi connectivity index (χ2n) is 6.97. The predicted octanol–water partition coefficient (Wildman–Crippen LogP) is 5.50. The minimum absolute atomic E-state index is 0.0818. The molecule has 7 heteroatoms. The summed E-state index contributed by atoms with van der Waals surface area (Å²) in [6.07, 6.45) is 0.361. The molecule has 0 fully saturated rings. The van der Waals surface area contributed by atoms with Gasteiger partial charge in [0.05, 0.1) is 7.11 Å². The Hall–Kier alpha value is -1.34. The van der Waals surface area contributed by atoms with E-state index in [1.54, 1.807) is 32.6 Å². The molecule has 0 aliphatic rings. The summed E-state index contributed by atoms with van der Waals surface area (Å²) in [7, 11) is 1.33. The Balaban J connectivity index is 0.00000352. The summed E-state index contributed by atoms with van der Waals surface area (Å²) in [6.45, 7) is 15.0. The maximum Gasteiger partial charge on any atom is 0.328 e. The fraction of sp³-hybridized carbons (Fsp3) is 0.524. The average Bonchev–Trinajstić information content (AvgIpc) is 2.56. The number of nitrogens with zero attached hydrogens (tertiary/aromatic N) is 1. The van der Waals surface area contributed by atoms with Gasteiger partial charge in [-0.3, -0.25) is 4.79 Å². The van der Waals surface area contributed by atoms with E-state index in [-0.39, 0.29) is 6.54 Å². The molecule has 0 bridgehead atoms. The van der Waals surface area contributed by atoms with Crippen LogP contribution in [-0.2, 0) is 25.5 Å². The molecule has 28 heavy (non-hydrogen) atoms. The number of allylic oxidation sites excluding steroid dienone is 1. The molecule has 1 aromatic carbocycles. The monoisotopic (exact) mass is 519 g/mol. The zero-order valence-electron chi connectivity index (χ0n) is 17.8. The van der Waals surface area contributed by atoms with Gasteiger partial charge in [-0.25, -0.2) is 4.79 Å². The second-order valence-corrected chi connectivity index (χ2v) is 8.80. The van der Waals surface area contributed by atoms with Crippen LogP contribution in [0.5, 0.6) is 0 Å². The third kappa shape index (κ3) is 9.73. The van der Waals surface area contributed by atoms with Crippen molar-refractivity contribution in [1.82, 2.24) is 4.90 Å². The number of benzene rings is 1. The van der Waals surface area contributed by atoms with Crippen molar-refractivity contribution in [3.05, 3.63) is 45.0 Å². The number of methoxy groups -OCH3 is 1. The fourth-order valence-electron chi connectivity index (χ4n) is 2.43. The van der Waals surface area contributed by atoms with Gasteiger partial charge in [-0.15, -0.1) is 0 Å². The van der Waals surface area contributed by atoms with Gasteiger partial charge in [0.15, 0.2) is 0 Å². The molecule has 0 aliphatic heterocycles. The quantitative estimate of drug-likeness (QED) is 0.444. The van der Waals surface area contributed by atoms with E-state index < -0.39 is 23.6 Å². The second kappa shape index (κ2) is 12.3. The van der Waals surface area contributed by atoms with Gasteiger partial charge in [0.25, 0.3) is 0 Å². The Morgan fingerprint density at radius 3 is 2.04 bits per heavy atom. The highest BCUT2D eigenvalue weighted by atomic mass is 79.9. The first kappa shape index (κ1) is 26.7. The van der Waals surface area contributed by atoms with Crippen LogP contribution >= 0.6 is 31.9 Å². The number of carbonyl (C=O) groups excluding carboxylic acids is 2. The Bertz CT molecular complexity index is 663. The molecule has 0 saturated heterocycles. The van der Waals surface area contributed by atoms with Gasteiger partial charge < -0.3 is 14.4 Å². The van der Waals surface area contributed by atoms with E-state index in [0.717, 1.165) is 14.5 Å². The number of hydrogen-bond acceptors (Lipinski definition) is 5. The molecule has 0 N–H and O–H groups in total. The van der Waals surface area contributed by atoms with Crippen LogP contribution in [-0.4, -0.2) is 42.1 Å². The van der Waals surface area contributed by atoms with E-state index >= 15 is 0 Å². The van der Waals surface area contributed by atoms with E-state index in [4.69, 9.17) is 9.47 Å². The summed E-state index contributed by atoms with van der Waals surface area (Å²) in [5.41, 5.74) is 0.894. The zero-order chi connectivity index (χ0) is 22.1. The van der Waals surface area contributed by atoms with Gasteiger partial charge in [-0.2, -0.15) is 0 Å². The molecular weight excluding hydrogens is 490 g/mol. The Kier molecular flexibility index (Phi) is 11.7. The van der Waals surface area contributed by atoms with Crippen LogP contribution in [0.2, 0.25) is 0 Å². The molecular formula is C21H31Br2NO4. The lowest BCUT2D eigenvalue weighted by Gasteiger charge is -2.32. The first-order valence-corrected chi connectivity index (χ1v) is 10.7. The van der Waals surface area contributed by atoms with Crippen molar-refractivity contribution in [2.24, 2.45) is 0 Å². The standard InChI is InChI=1S/C19H25Br2NO4.C2H6/c1-12(2)22(11-17(23)26-19(3,4)5)16(18(24)25-6)9-13-7-14(20)10-15(21)8-13;1-2/h7-8,10,16H,1,9,11H2,2-6H3;1-2H3. The predicted molar refractivity (Wildman–Crippen MR) is 120 cm³/mol. The first-order chi connectivity index (χ1) is 12.9. The fourth-order valence-corrected chi connectivity index (χ4v) is 3.82. The Morgan fingerprint density at radius 2 is 1.64 bits per heavy atom. The summed E-state index contributed by atoms with van der Waals surface area (Å²) in [4.78, 5) is 26.3. The molecule has 5 nitrogen and oxygen atoms in total. The summed E-state index contributed by atoms with van der Waals surface area (Å²) < 4.78 is 12.1. The molecule has 1 rings (SSSR count). The summed E-state index contributed by atoms with van der Waals surface area (Å²) >= 11 is 6.89. The molecule has 0 radical (unpaired) electrons. The highest BCUT2D eigenvalue weighted by Crippen LogP contribution is 2.23. The first-order valence-electron chi connectivity index (χ1n) is 9.09. The number of ether oxygens (including phenoxy) is 2. The van der Waals surface area contributed by atoms with Crippen molar-refractivity contribution in [1.29, 1.82) is 0 Å². The van der Waals surface area contributed by atoms with Crippen molar-refractivity contribution in [3.63, 3.8) is 0 Å². The molecule has 0 aliphatic carbocycles. The number of rotatable bonds is 7. The van der Waals surface area contributed by atoms with Gasteiger partial charge in [0.2, 0.25) is 0 Å². The van der Waals surface area contributed by atoms with Gasteiger partial charge in [0.1, 0.15) is 18.2 Å². The van der Waals surface area contributed by atoms with Gasteiger partial charge >= 0.3 is 11.9 Å². The lowest BCUT2D eigenvalue weighted by molar-refractivity contribution is -0.157. The number of halogens is 2. The van der Waals surface area contributed by atoms with E-state index in [2.05, 4.69) is 38.4 Å². The van der Waals surface area contributed by atoms with Crippen LogP contribution in [0.1, 0.15) is 47.1 Å². The number of carbonyl (C=O) groups is 2. The van der Waals surface area contributed by atoms with E-state index in [0.29, 0.717) is 12.1 Å². The van der Waals surface area contributed by atoms with Crippen molar-refractivity contribution in [2.45, 2.75) is 59.6 Å². The van der Waals surface area contributed by atoms with Gasteiger partial charge in [0, 0.05) is 21.1 Å². The lowest BCUT2D eigenvalue weighted by Crippen LogP contribution is -2.45. The molecule has 1 aromatic rings. The van der Waals surface area contributed by atoms with Crippen LogP contribution in [0.4, 0.5) is 0 Å². The highest BCUT2D eigenvalue weighted by Gasteiger charge is 2.30. The summed E-state index contributed by atoms with van der Waals surface area (Å²) in [5.74, 6) is -0.863. The third-order valence-electron chi connectivity index (χ3n) is 3.41. The lowest BCUT2D eigenvalue weighted by atomic mass is 10.0. The highest BCUT2D eigenvalue weighted by molar-refractivity contribution is 9.11. The van der Waals surface area contributed by atoms with Crippen molar-refractivity contribution in [2.75, 3.05) is 13.7 Å². The largest absolute Gasteiger partial charge is 0.467 e. The maximum atomic E-state index is 12.4. The molecule has 1 atom stereocenters. The smallest absolute Gasteiger partial charge is 0.328 e. The zero-order valence-corrected chi connectivity index (χ0v) is 20.9. The van der Waals surface area contributed by atoms with Crippen LogP contribution in [0.25, 0.3) is 0 Å². The molecule has 158 valence electrons. The minimum Gasteiger partial charge on any atom is -0.467 e. The van der Waals surface area contributed by atoms with Crippen molar-refractivity contribution in [3.8, 4) is 0 Å². The van der Waals surface area contributed by atoms with Crippen LogP contribution in [0, 0.1) is 0 Å². The van der Waals surface area contributed by atoms with Crippen LogP contribution in [0.3, 0.4) is 0 Å². The Morgan fingerprint density at radius 1 is 1.14 bits per heavy atom. The molecule has 0 amide bonds. The third-order valence-corrected chi connectivity index (χ3v) is 4.33. The Labute approximate surface area is 185 Å². The van der Waals surface area contributed by atoms with Gasteiger partial charge in [-0.05, 0) is 51.5 Å². The normalized spacial score (nSPS) is 11.6. The van der Waals surface area contributed by atoms with Crippen LogP contribution in [0.15, 0.2) is 39.4 Å². The number of hydrogen-bond donors (Lipinski definition) is 0. The molecule has 0 saturated carbocycles. The minimum atomic E-state index is -0.689. The molecule has 1 unspecified atom stereocenters. The van der Waals surface area contributed by atoms with Crippen molar-refractivity contribution >= 4 is 43.8 Å².